The van der Waals surface area contributed by atoms with Crippen LogP contribution in [-0.4, -0.2) is 27.2 Å². The Hall–Kier alpha value is -2.28. The van der Waals surface area contributed by atoms with Crippen LogP contribution in [0.5, 0.6) is 0 Å². The molecule has 3 rings (SSSR count). The van der Waals surface area contributed by atoms with Gasteiger partial charge in [0.1, 0.15) is 18.0 Å². The first-order chi connectivity index (χ1) is 12.1. The number of carbonyl (C=O) groups is 1. The molecule has 1 fully saturated rings. The van der Waals surface area contributed by atoms with Crippen molar-refractivity contribution < 1.29 is 9.18 Å². The van der Waals surface area contributed by atoms with E-state index in [9.17, 15) is 9.18 Å². The number of nitrogens with one attached hydrogen (secondary N) is 2. The van der Waals surface area contributed by atoms with Gasteiger partial charge in [0.15, 0.2) is 0 Å². The van der Waals surface area contributed by atoms with Gasteiger partial charge >= 0.3 is 0 Å². The van der Waals surface area contributed by atoms with Crippen LogP contribution in [0, 0.1) is 12.7 Å². The lowest BCUT2D eigenvalue weighted by Gasteiger charge is -2.18. The first kappa shape index (κ1) is 17.5. The summed E-state index contributed by atoms with van der Waals surface area (Å²) in [5, 5.41) is 14.2. The number of anilines is 1. The van der Waals surface area contributed by atoms with Crippen LogP contribution >= 0.6 is 0 Å². The Bertz CT molecular complexity index is 739. The number of carbonyl (C=O) groups excluding carboxylic acids is 1. The molecular formula is C18H24FN5O. The molecule has 1 aromatic heterocycles. The van der Waals surface area contributed by atoms with Crippen molar-refractivity contribution in [2.45, 2.75) is 51.6 Å². The molecule has 0 bridgehead atoms. The molecule has 1 amide bonds. The summed E-state index contributed by atoms with van der Waals surface area (Å²) in [6, 6.07) is 5.01. The van der Waals surface area contributed by atoms with Crippen LogP contribution in [0.2, 0.25) is 0 Å². The lowest BCUT2D eigenvalue weighted by Crippen LogP contribution is -2.32. The second kappa shape index (κ2) is 7.74. The number of benzene rings is 1. The van der Waals surface area contributed by atoms with Crippen molar-refractivity contribution in [2.75, 3.05) is 11.9 Å². The highest BCUT2D eigenvalue weighted by molar-refractivity contribution is 5.92. The largest absolute Gasteiger partial charge is 0.325 e. The number of halogens is 1. The van der Waals surface area contributed by atoms with Gasteiger partial charge < -0.3 is 9.88 Å². The summed E-state index contributed by atoms with van der Waals surface area (Å²) in [6.45, 7) is 3.73. The molecule has 1 aliphatic carbocycles. The molecule has 6 nitrogen and oxygen atoms in total. The Morgan fingerprint density at radius 2 is 2.16 bits per heavy atom. The summed E-state index contributed by atoms with van der Waals surface area (Å²) in [5.41, 5.74) is 0.929. The van der Waals surface area contributed by atoms with Crippen LogP contribution in [0.4, 0.5) is 10.1 Å². The second-order valence-corrected chi connectivity index (χ2v) is 6.60. The van der Waals surface area contributed by atoms with Crippen LogP contribution in [0.3, 0.4) is 0 Å². The third-order valence-electron chi connectivity index (χ3n) is 4.82. The molecule has 1 unspecified atom stereocenters. The summed E-state index contributed by atoms with van der Waals surface area (Å²) < 4.78 is 15.7. The molecule has 1 saturated carbocycles. The minimum Gasteiger partial charge on any atom is -0.325 e. The van der Waals surface area contributed by atoms with Gasteiger partial charge in [-0.3, -0.25) is 10.1 Å². The molecule has 134 valence electrons. The van der Waals surface area contributed by atoms with Gasteiger partial charge in [-0.1, -0.05) is 18.9 Å². The Morgan fingerprint density at radius 3 is 2.92 bits per heavy atom. The topological polar surface area (TPSA) is 71.8 Å². The smallest absolute Gasteiger partial charge is 0.238 e. The predicted molar refractivity (Wildman–Crippen MR) is 93.7 cm³/mol. The van der Waals surface area contributed by atoms with Crippen LogP contribution in [0.1, 0.15) is 56.1 Å². The molecule has 0 spiro atoms. The molecule has 1 atom stereocenters. The van der Waals surface area contributed by atoms with E-state index in [4.69, 9.17) is 0 Å². The first-order valence-corrected chi connectivity index (χ1v) is 8.74. The Kier molecular flexibility index (Phi) is 5.43. The molecule has 25 heavy (non-hydrogen) atoms. The zero-order valence-corrected chi connectivity index (χ0v) is 14.6. The second-order valence-electron chi connectivity index (χ2n) is 6.60. The van der Waals surface area contributed by atoms with E-state index < -0.39 is 0 Å². The van der Waals surface area contributed by atoms with Gasteiger partial charge in [-0.25, -0.2) is 4.39 Å². The first-order valence-electron chi connectivity index (χ1n) is 8.74. The van der Waals surface area contributed by atoms with Crippen molar-refractivity contribution in [3.63, 3.8) is 0 Å². The highest BCUT2D eigenvalue weighted by Gasteiger charge is 2.22. The van der Waals surface area contributed by atoms with E-state index in [1.807, 2.05) is 6.92 Å². The third-order valence-corrected chi connectivity index (χ3v) is 4.82. The van der Waals surface area contributed by atoms with Crippen molar-refractivity contribution in [1.29, 1.82) is 0 Å². The van der Waals surface area contributed by atoms with Crippen LogP contribution in [-0.2, 0) is 4.79 Å². The maximum atomic E-state index is 13.5. The van der Waals surface area contributed by atoms with E-state index in [2.05, 4.69) is 25.4 Å². The third kappa shape index (κ3) is 4.04. The summed E-state index contributed by atoms with van der Waals surface area (Å²) >= 11 is 0. The Morgan fingerprint density at radius 1 is 1.40 bits per heavy atom. The van der Waals surface area contributed by atoms with Gasteiger partial charge in [0.25, 0.3) is 0 Å². The molecule has 1 heterocycles. The van der Waals surface area contributed by atoms with Gasteiger partial charge in [0.2, 0.25) is 5.91 Å². The van der Waals surface area contributed by atoms with Crippen LogP contribution in [0.15, 0.2) is 24.5 Å². The molecule has 1 aliphatic rings. The summed E-state index contributed by atoms with van der Waals surface area (Å²) in [5.74, 6) is 0.304. The Balaban J connectivity index is 1.57. The Labute approximate surface area is 146 Å². The van der Waals surface area contributed by atoms with Gasteiger partial charge in [0, 0.05) is 17.3 Å². The molecule has 2 aromatic rings. The average Bonchev–Trinajstić information content (AvgIpc) is 3.27. The van der Waals surface area contributed by atoms with Crippen molar-refractivity contribution in [3.05, 3.63) is 41.7 Å². The van der Waals surface area contributed by atoms with Crippen molar-refractivity contribution in [1.82, 2.24) is 20.1 Å². The quantitative estimate of drug-likeness (QED) is 0.844. The molecule has 0 saturated heterocycles. The fourth-order valence-corrected chi connectivity index (χ4v) is 3.30. The number of hydrogen-bond acceptors (Lipinski definition) is 4. The standard InChI is InChI=1S/C18H24FN5O/c1-12-15(19)8-5-9-16(12)22-17(25)10-20-13(2)18-23-21-11-24(18)14-6-3-4-7-14/h5,8-9,11,13-14,20H,3-4,6-7,10H2,1-2H3,(H,22,25). The molecule has 7 heteroatoms. The van der Waals surface area contributed by atoms with Crippen LogP contribution in [0.25, 0.3) is 0 Å². The van der Waals surface area contributed by atoms with Gasteiger partial charge in [-0.2, -0.15) is 0 Å². The lowest BCUT2D eigenvalue weighted by atomic mass is 10.2. The monoisotopic (exact) mass is 345 g/mol. The van der Waals surface area contributed by atoms with Gasteiger partial charge in [0.05, 0.1) is 12.6 Å². The summed E-state index contributed by atoms with van der Waals surface area (Å²) in [7, 11) is 0. The normalized spacial score (nSPS) is 16.1. The average molecular weight is 345 g/mol. The maximum absolute atomic E-state index is 13.5. The number of amides is 1. The van der Waals surface area contributed by atoms with Gasteiger partial charge in [-0.15, -0.1) is 10.2 Å². The number of nitrogens with zero attached hydrogens (tertiary/aromatic N) is 3. The summed E-state index contributed by atoms with van der Waals surface area (Å²) in [6.07, 6.45) is 6.55. The van der Waals surface area contributed by atoms with E-state index in [-0.39, 0.29) is 24.3 Å². The molecule has 1 aromatic carbocycles. The molecule has 0 aliphatic heterocycles. The zero-order chi connectivity index (χ0) is 17.8. The highest BCUT2D eigenvalue weighted by Crippen LogP contribution is 2.31. The van der Waals surface area contributed by atoms with Crippen molar-refractivity contribution >= 4 is 11.6 Å². The molecular weight excluding hydrogens is 321 g/mol. The lowest BCUT2D eigenvalue weighted by molar-refractivity contribution is -0.115. The zero-order valence-electron chi connectivity index (χ0n) is 14.6. The summed E-state index contributed by atoms with van der Waals surface area (Å²) in [4.78, 5) is 12.2. The van der Waals surface area contributed by atoms with Crippen molar-refractivity contribution in [2.24, 2.45) is 0 Å². The minimum absolute atomic E-state index is 0.0949. The minimum atomic E-state index is -0.330. The fraction of sp³-hybridized carbons (Fsp3) is 0.500. The van der Waals surface area contributed by atoms with Crippen molar-refractivity contribution in [3.8, 4) is 0 Å². The van der Waals surface area contributed by atoms with E-state index in [0.29, 0.717) is 17.3 Å². The molecule has 2 N–H and O–H groups in total. The maximum Gasteiger partial charge on any atom is 0.238 e. The van der Waals surface area contributed by atoms with Crippen LogP contribution < -0.4 is 10.6 Å². The van der Waals surface area contributed by atoms with E-state index >= 15 is 0 Å². The van der Waals surface area contributed by atoms with E-state index in [1.54, 1.807) is 25.4 Å². The predicted octanol–water partition coefficient (Wildman–Crippen LogP) is 3.13. The highest BCUT2D eigenvalue weighted by atomic mass is 19.1. The SMILES string of the molecule is Cc1c(F)cccc1NC(=O)CNC(C)c1nncn1C1CCCC1. The molecule has 0 radical (unpaired) electrons. The van der Waals surface area contributed by atoms with Gasteiger partial charge in [-0.05, 0) is 38.8 Å². The number of hydrogen-bond donors (Lipinski definition) is 2. The van der Waals surface area contributed by atoms with E-state index in [1.165, 1.54) is 18.9 Å². The number of aromatic nitrogens is 3. The fourth-order valence-electron chi connectivity index (χ4n) is 3.30. The van der Waals surface area contributed by atoms with E-state index in [0.717, 1.165) is 18.7 Å². The number of rotatable bonds is 6.